The first kappa shape index (κ1) is 20.2. The van der Waals surface area contributed by atoms with Gasteiger partial charge in [0.15, 0.2) is 0 Å². The van der Waals surface area contributed by atoms with E-state index in [4.69, 9.17) is 5.11 Å². The fourth-order valence-corrected chi connectivity index (χ4v) is 2.38. The number of aliphatic hydroxyl groups excluding tert-OH is 1. The van der Waals surface area contributed by atoms with Gasteiger partial charge in [-0.25, -0.2) is 0 Å². The fraction of sp³-hybridized carbons (Fsp3) is 0.833. The van der Waals surface area contributed by atoms with Crippen molar-refractivity contribution in [2.75, 3.05) is 0 Å². The number of hydrogen-bond donors (Lipinski definition) is 2. The van der Waals surface area contributed by atoms with Crippen molar-refractivity contribution in [2.24, 2.45) is 0 Å². The van der Waals surface area contributed by atoms with Gasteiger partial charge in [-0.1, -0.05) is 70.4 Å². The van der Waals surface area contributed by atoms with Crippen LogP contribution in [0, 0.1) is 0 Å². The van der Waals surface area contributed by atoms with E-state index in [1.165, 1.54) is 38.5 Å². The molecule has 0 aromatic rings. The van der Waals surface area contributed by atoms with E-state index < -0.39 is 5.97 Å². The van der Waals surface area contributed by atoms with E-state index in [0.717, 1.165) is 38.5 Å². The van der Waals surface area contributed by atoms with Gasteiger partial charge in [-0.15, -0.1) is 0 Å². The van der Waals surface area contributed by atoms with Crippen LogP contribution in [0.5, 0.6) is 0 Å². The van der Waals surface area contributed by atoms with Crippen molar-refractivity contribution in [1.82, 2.24) is 0 Å². The summed E-state index contributed by atoms with van der Waals surface area (Å²) in [5.41, 5.74) is 0. The van der Waals surface area contributed by atoms with Gasteiger partial charge >= 0.3 is 5.97 Å². The fourth-order valence-electron chi connectivity index (χ4n) is 2.38. The number of allylic oxidation sites excluding steroid dienone is 1. The number of aliphatic hydroxyl groups is 1. The second-order valence-electron chi connectivity index (χ2n) is 5.90. The molecule has 0 aliphatic carbocycles. The number of carboxylic acids is 1. The highest BCUT2D eigenvalue weighted by atomic mass is 16.4. The van der Waals surface area contributed by atoms with Crippen LogP contribution in [0.1, 0.15) is 90.4 Å². The Bertz CT molecular complexity index is 261. The summed E-state index contributed by atoms with van der Waals surface area (Å²) in [6, 6.07) is 0. The Morgan fingerprint density at radius 2 is 1.57 bits per heavy atom. The molecule has 0 unspecified atom stereocenters. The van der Waals surface area contributed by atoms with E-state index in [0.29, 0.717) is 6.42 Å². The lowest BCUT2D eigenvalue weighted by Crippen LogP contribution is -2.01. The maximum Gasteiger partial charge on any atom is 0.303 e. The summed E-state index contributed by atoms with van der Waals surface area (Å²) in [5.74, 6) is -0.688. The van der Waals surface area contributed by atoms with Crippen molar-refractivity contribution in [3.63, 3.8) is 0 Å². The minimum atomic E-state index is -0.688. The van der Waals surface area contributed by atoms with E-state index in [1.54, 1.807) is 0 Å². The number of carbonyl (C=O) groups is 1. The number of hydrogen-bond acceptors (Lipinski definition) is 2. The number of aliphatic carboxylic acids is 1. The van der Waals surface area contributed by atoms with E-state index in [-0.39, 0.29) is 6.10 Å². The van der Waals surface area contributed by atoms with Crippen LogP contribution in [0.25, 0.3) is 0 Å². The van der Waals surface area contributed by atoms with Crippen LogP contribution >= 0.6 is 0 Å². The molecule has 3 nitrogen and oxygen atoms in total. The summed E-state index contributed by atoms with van der Waals surface area (Å²) in [6.45, 7) is 2.20. The molecule has 0 amide bonds. The summed E-state index contributed by atoms with van der Waals surface area (Å²) in [7, 11) is 0. The van der Waals surface area contributed by atoms with Gasteiger partial charge in [0.05, 0.1) is 6.10 Å². The first-order valence-corrected chi connectivity index (χ1v) is 8.73. The monoisotopic (exact) mass is 298 g/mol. The normalized spacial score (nSPS) is 12.9. The highest BCUT2D eigenvalue weighted by Gasteiger charge is 1.99. The van der Waals surface area contributed by atoms with Crippen molar-refractivity contribution in [1.29, 1.82) is 0 Å². The largest absolute Gasteiger partial charge is 0.481 e. The van der Waals surface area contributed by atoms with E-state index in [1.807, 2.05) is 6.08 Å². The van der Waals surface area contributed by atoms with Crippen LogP contribution in [0.2, 0.25) is 0 Å². The molecule has 0 spiro atoms. The van der Waals surface area contributed by atoms with Gasteiger partial charge in [0.25, 0.3) is 0 Å². The van der Waals surface area contributed by atoms with Crippen LogP contribution in [-0.4, -0.2) is 22.3 Å². The lowest BCUT2D eigenvalue weighted by molar-refractivity contribution is -0.137. The van der Waals surface area contributed by atoms with Gasteiger partial charge in [-0.3, -0.25) is 4.79 Å². The molecule has 21 heavy (non-hydrogen) atoms. The standard InChI is InChI=1S/C18H34O3/c1-2-3-4-8-11-14-17(19)15-12-9-6-5-7-10-13-16-18(20)21/h11,14,17,19H,2-10,12-13,15-16H2,1H3,(H,20,21)/b14-11-/t17-/m0/s1. The molecule has 0 rings (SSSR count). The van der Waals surface area contributed by atoms with Gasteiger partial charge in [0, 0.05) is 6.42 Å². The molecule has 2 N–H and O–H groups in total. The van der Waals surface area contributed by atoms with Crippen LogP contribution in [-0.2, 0) is 4.79 Å². The number of unbranched alkanes of at least 4 members (excludes halogenated alkanes) is 9. The third-order valence-corrected chi connectivity index (χ3v) is 3.72. The van der Waals surface area contributed by atoms with E-state index in [2.05, 4.69) is 13.0 Å². The Kier molecular flexibility index (Phi) is 14.9. The molecule has 0 heterocycles. The minimum absolute atomic E-state index is 0.276. The Morgan fingerprint density at radius 3 is 2.19 bits per heavy atom. The molecule has 1 atom stereocenters. The van der Waals surface area contributed by atoms with Crippen LogP contribution in [0.4, 0.5) is 0 Å². The lowest BCUT2D eigenvalue weighted by Gasteiger charge is -2.05. The molecule has 3 heteroatoms. The smallest absolute Gasteiger partial charge is 0.303 e. The van der Waals surface area contributed by atoms with Crippen molar-refractivity contribution in [3.05, 3.63) is 12.2 Å². The van der Waals surface area contributed by atoms with Gasteiger partial charge in [0.2, 0.25) is 0 Å². The summed E-state index contributed by atoms with van der Waals surface area (Å²) in [4.78, 5) is 10.3. The average Bonchev–Trinajstić information content (AvgIpc) is 2.45. The second-order valence-corrected chi connectivity index (χ2v) is 5.90. The van der Waals surface area contributed by atoms with Gasteiger partial charge in [-0.05, 0) is 25.7 Å². The Balaban J connectivity index is 3.24. The van der Waals surface area contributed by atoms with Crippen molar-refractivity contribution in [2.45, 2.75) is 96.5 Å². The molecule has 0 aromatic heterocycles. The molecule has 0 saturated carbocycles. The van der Waals surface area contributed by atoms with Gasteiger partial charge in [0.1, 0.15) is 0 Å². The summed E-state index contributed by atoms with van der Waals surface area (Å²) < 4.78 is 0. The quantitative estimate of drug-likeness (QED) is 0.327. The molecule has 0 aromatic carbocycles. The maximum atomic E-state index is 10.3. The Labute approximate surface area is 130 Å². The summed E-state index contributed by atoms with van der Waals surface area (Å²) in [6.07, 6.45) is 17.4. The molecule has 0 aliphatic rings. The van der Waals surface area contributed by atoms with Crippen LogP contribution in [0.15, 0.2) is 12.2 Å². The second kappa shape index (κ2) is 15.6. The predicted octanol–water partition coefficient (Wildman–Crippen LogP) is 5.08. The highest BCUT2D eigenvalue weighted by molar-refractivity contribution is 5.66. The molecule has 0 saturated heterocycles. The third kappa shape index (κ3) is 17.1. The van der Waals surface area contributed by atoms with E-state index >= 15 is 0 Å². The molecular weight excluding hydrogens is 264 g/mol. The van der Waals surface area contributed by atoms with Crippen LogP contribution < -0.4 is 0 Å². The minimum Gasteiger partial charge on any atom is -0.481 e. The van der Waals surface area contributed by atoms with Crippen molar-refractivity contribution in [3.8, 4) is 0 Å². The molecule has 0 radical (unpaired) electrons. The number of rotatable bonds is 15. The average molecular weight is 298 g/mol. The third-order valence-electron chi connectivity index (χ3n) is 3.72. The lowest BCUT2D eigenvalue weighted by atomic mass is 10.0. The summed E-state index contributed by atoms with van der Waals surface area (Å²) >= 11 is 0. The SMILES string of the molecule is CCCCC/C=C\[C@H](O)CCCCCCCCCC(=O)O. The zero-order valence-corrected chi connectivity index (χ0v) is 13.7. The van der Waals surface area contributed by atoms with Gasteiger partial charge in [-0.2, -0.15) is 0 Å². The zero-order chi connectivity index (χ0) is 15.8. The molecule has 0 fully saturated rings. The number of carboxylic acid groups (broad SMARTS) is 1. The molecule has 124 valence electrons. The Hall–Kier alpha value is -0.830. The summed E-state index contributed by atoms with van der Waals surface area (Å²) in [5, 5.41) is 18.3. The molecular formula is C18H34O3. The Morgan fingerprint density at radius 1 is 0.952 bits per heavy atom. The first-order chi connectivity index (χ1) is 10.2. The predicted molar refractivity (Wildman–Crippen MR) is 88.5 cm³/mol. The molecule has 0 bridgehead atoms. The van der Waals surface area contributed by atoms with E-state index in [9.17, 15) is 9.90 Å². The van der Waals surface area contributed by atoms with Crippen LogP contribution in [0.3, 0.4) is 0 Å². The topological polar surface area (TPSA) is 57.5 Å². The molecule has 0 aliphatic heterocycles. The maximum absolute atomic E-state index is 10.3. The van der Waals surface area contributed by atoms with Gasteiger partial charge < -0.3 is 10.2 Å². The first-order valence-electron chi connectivity index (χ1n) is 8.73. The zero-order valence-electron chi connectivity index (χ0n) is 13.7. The highest BCUT2D eigenvalue weighted by Crippen LogP contribution is 2.11. The van der Waals surface area contributed by atoms with Crippen molar-refractivity contribution >= 4 is 5.97 Å². The van der Waals surface area contributed by atoms with Crippen molar-refractivity contribution < 1.29 is 15.0 Å².